The Hall–Kier alpha value is -4.74. The van der Waals surface area contributed by atoms with Crippen LogP contribution in [0.25, 0.3) is 39.3 Å². The lowest BCUT2D eigenvalue weighted by atomic mass is 10.2. The highest BCUT2D eigenvalue weighted by Crippen LogP contribution is 2.28. The first-order chi connectivity index (χ1) is 18.3. The molecule has 1 atom stereocenters. The van der Waals surface area contributed by atoms with Crippen LogP contribution in [0.15, 0.2) is 132 Å². The van der Waals surface area contributed by atoms with E-state index in [2.05, 4.69) is 108 Å². The number of benzene rings is 5. The number of hydrogen-bond donors (Lipinski definition) is 0. The van der Waals surface area contributed by atoms with Crippen molar-refractivity contribution in [1.29, 1.82) is 0 Å². The normalized spacial score (nSPS) is 16.2. The minimum Gasteiger partial charge on any atom is -0.436 e. The number of nitrogens with zero attached hydrogens (tertiary/aromatic N) is 3. The number of para-hydroxylation sites is 5. The molecule has 0 fully saturated rings. The van der Waals surface area contributed by atoms with Crippen LogP contribution >= 0.6 is 0 Å². The highest BCUT2D eigenvalue weighted by atomic mass is 28.3. The first-order valence-electron chi connectivity index (χ1n) is 12.4. The van der Waals surface area contributed by atoms with Gasteiger partial charge in [-0.15, -0.1) is 0 Å². The summed E-state index contributed by atoms with van der Waals surface area (Å²) in [6.07, 6.45) is 0. The van der Waals surface area contributed by atoms with E-state index in [1.165, 1.54) is 21.2 Å². The van der Waals surface area contributed by atoms with Gasteiger partial charge in [-0.05, 0) is 58.0 Å². The van der Waals surface area contributed by atoms with Crippen molar-refractivity contribution in [1.82, 2.24) is 14.5 Å². The molecule has 1 aliphatic heterocycles. The van der Waals surface area contributed by atoms with E-state index in [4.69, 9.17) is 14.4 Å². The Morgan fingerprint density at radius 3 is 2.22 bits per heavy atom. The number of oxazole rings is 1. The van der Waals surface area contributed by atoms with Crippen LogP contribution in [0.1, 0.15) is 0 Å². The molecule has 1 aliphatic rings. The molecule has 4 nitrogen and oxygen atoms in total. The number of rotatable bonds is 3. The molecule has 3 heterocycles. The van der Waals surface area contributed by atoms with E-state index in [9.17, 15) is 0 Å². The second-order valence-electron chi connectivity index (χ2n) is 9.46. The average Bonchev–Trinajstić information content (AvgIpc) is 3.64. The van der Waals surface area contributed by atoms with Crippen molar-refractivity contribution < 1.29 is 4.42 Å². The van der Waals surface area contributed by atoms with Gasteiger partial charge >= 0.3 is 0 Å². The molecule has 0 amide bonds. The summed E-state index contributed by atoms with van der Waals surface area (Å²) in [6, 6.07) is 44.8. The number of fused-ring (bicyclic) bond motifs is 6. The maximum absolute atomic E-state index is 6.18. The molecule has 174 valence electrons. The summed E-state index contributed by atoms with van der Waals surface area (Å²) in [7, 11) is -2.73. The Balaban J connectivity index is 1.47. The summed E-state index contributed by atoms with van der Waals surface area (Å²) in [5, 5.41) is 3.93. The summed E-state index contributed by atoms with van der Waals surface area (Å²) in [6.45, 7) is 0. The fourth-order valence-electron chi connectivity index (χ4n) is 5.93. The molecule has 0 N–H and O–H groups in total. The van der Waals surface area contributed by atoms with Gasteiger partial charge in [-0.3, -0.25) is 4.57 Å². The standard InChI is InChI=1S/C32H21N3OSi/c1-2-12-23(13-3-1)37(24-14-10-11-22(21-24)31-33-26-16-5-8-19-29(26)36-31)30-20-9-7-18-28(30)35-27-17-6-4-15-25(27)34-32(35)37/h1-21H. The van der Waals surface area contributed by atoms with E-state index >= 15 is 0 Å². The zero-order valence-corrected chi connectivity index (χ0v) is 20.9. The van der Waals surface area contributed by atoms with Crippen LogP contribution in [0.4, 0.5) is 0 Å². The molecule has 37 heavy (non-hydrogen) atoms. The van der Waals surface area contributed by atoms with Crippen molar-refractivity contribution in [2.75, 3.05) is 0 Å². The van der Waals surface area contributed by atoms with E-state index in [-0.39, 0.29) is 0 Å². The molecule has 0 radical (unpaired) electrons. The summed E-state index contributed by atoms with van der Waals surface area (Å²) in [4.78, 5) is 10.1. The third-order valence-electron chi connectivity index (χ3n) is 7.49. The van der Waals surface area contributed by atoms with E-state index in [1.807, 2.05) is 24.3 Å². The lowest BCUT2D eigenvalue weighted by Gasteiger charge is -2.28. The molecule has 8 rings (SSSR count). The zero-order chi connectivity index (χ0) is 24.4. The smallest absolute Gasteiger partial charge is 0.227 e. The molecular weight excluding hydrogens is 470 g/mol. The van der Waals surface area contributed by atoms with Crippen molar-refractivity contribution >= 4 is 51.2 Å². The molecule has 0 bridgehead atoms. The molecule has 5 aromatic carbocycles. The second-order valence-corrected chi connectivity index (χ2v) is 13.1. The zero-order valence-electron chi connectivity index (χ0n) is 19.9. The van der Waals surface area contributed by atoms with E-state index in [0.717, 1.165) is 33.1 Å². The quantitative estimate of drug-likeness (QED) is 0.341. The van der Waals surface area contributed by atoms with Crippen LogP contribution in [0, 0.1) is 0 Å². The molecule has 1 unspecified atom stereocenters. The molecule has 5 heteroatoms. The first-order valence-corrected chi connectivity index (χ1v) is 14.4. The maximum Gasteiger partial charge on any atom is 0.227 e. The maximum atomic E-state index is 6.18. The van der Waals surface area contributed by atoms with Gasteiger partial charge in [0.25, 0.3) is 0 Å². The summed E-state index contributed by atoms with van der Waals surface area (Å²) < 4.78 is 8.57. The van der Waals surface area contributed by atoms with Gasteiger partial charge < -0.3 is 4.42 Å². The molecule has 0 saturated heterocycles. The van der Waals surface area contributed by atoms with Crippen molar-refractivity contribution in [3.05, 3.63) is 127 Å². The Bertz CT molecular complexity index is 1920. The van der Waals surface area contributed by atoms with E-state index < -0.39 is 8.07 Å². The van der Waals surface area contributed by atoms with Gasteiger partial charge in [-0.2, -0.15) is 0 Å². The highest BCUT2D eigenvalue weighted by Gasteiger charge is 2.51. The fraction of sp³-hybridized carbons (Fsp3) is 0. The summed E-state index contributed by atoms with van der Waals surface area (Å²) >= 11 is 0. The van der Waals surface area contributed by atoms with Gasteiger partial charge in [0.05, 0.1) is 11.0 Å². The van der Waals surface area contributed by atoms with Crippen LogP contribution in [0.2, 0.25) is 0 Å². The van der Waals surface area contributed by atoms with Crippen LogP contribution in [0.3, 0.4) is 0 Å². The molecule has 0 saturated carbocycles. The predicted octanol–water partition coefficient (Wildman–Crippen LogP) is 4.52. The van der Waals surface area contributed by atoms with Gasteiger partial charge in [-0.25, -0.2) is 9.97 Å². The van der Waals surface area contributed by atoms with Crippen LogP contribution in [-0.2, 0) is 0 Å². The van der Waals surface area contributed by atoms with Crippen LogP contribution in [-0.4, -0.2) is 22.6 Å². The molecule has 0 aliphatic carbocycles. The largest absolute Gasteiger partial charge is 0.436 e. The van der Waals surface area contributed by atoms with Crippen LogP contribution in [0.5, 0.6) is 0 Å². The highest BCUT2D eigenvalue weighted by molar-refractivity contribution is 7.20. The van der Waals surface area contributed by atoms with Crippen molar-refractivity contribution in [3.63, 3.8) is 0 Å². The number of imidazole rings is 1. The lowest BCUT2D eigenvalue weighted by Crippen LogP contribution is -2.73. The van der Waals surface area contributed by atoms with E-state index in [1.54, 1.807) is 0 Å². The van der Waals surface area contributed by atoms with Crippen molar-refractivity contribution in [2.45, 2.75) is 0 Å². The van der Waals surface area contributed by atoms with Gasteiger partial charge in [0.15, 0.2) is 5.58 Å². The average molecular weight is 492 g/mol. The Morgan fingerprint density at radius 2 is 1.32 bits per heavy atom. The van der Waals surface area contributed by atoms with E-state index in [0.29, 0.717) is 5.89 Å². The Kier molecular flexibility index (Phi) is 4.21. The van der Waals surface area contributed by atoms with Gasteiger partial charge in [0, 0.05) is 11.3 Å². The number of aromatic nitrogens is 3. The molecule has 7 aromatic rings. The van der Waals surface area contributed by atoms with Crippen molar-refractivity contribution in [2.24, 2.45) is 0 Å². The topological polar surface area (TPSA) is 43.9 Å². The molecule has 0 spiro atoms. The van der Waals surface area contributed by atoms with Crippen molar-refractivity contribution in [3.8, 4) is 17.1 Å². The summed E-state index contributed by atoms with van der Waals surface area (Å²) in [5.74, 6) is 0.639. The predicted molar refractivity (Wildman–Crippen MR) is 151 cm³/mol. The minimum absolute atomic E-state index is 0.639. The van der Waals surface area contributed by atoms with Crippen LogP contribution < -0.4 is 21.0 Å². The third-order valence-corrected chi connectivity index (χ3v) is 12.1. The molecular formula is C32H21N3OSi. The molecule has 2 aromatic heterocycles. The Labute approximate surface area is 214 Å². The number of hydrogen-bond acceptors (Lipinski definition) is 3. The minimum atomic E-state index is -2.73. The van der Waals surface area contributed by atoms with Gasteiger partial charge in [0.2, 0.25) is 14.0 Å². The summed E-state index contributed by atoms with van der Waals surface area (Å²) in [5.41, 5.74) is 7.16. The Morgan fingerprint density at radius 1 is 0.595 bits per heavy atom. The monoisotopic (exact) mass is 491 g/mol. The third kappa shape index (κ3) is 2.77. The second kappa shape index (κ2) is 7.63. The van der Waals surface area contributed by atoms with Gasteiger partial charge in [-0.1, -0.05) is 84.9 Å². The lowest BCUT2D eigenvalue weighted by molar-refractivity contribution is 0.620. The SMILES string of the molecule is c1ccc([Si]2(c3cccc(-c4nc5ccccc5o4)c3)c3ccccc3-n3c2nc2ccccc23)cc1. The first kappa shape index (κ1) is 20.4. The fourth-order valence-corrected chi connectivity index (χ4v) is 10.8. The van der Waals surface area contributed by atoms with Gasteiger partial charge in [0.1, 0.15) is 11.0 Å².